The van der Waals surface area contributed by atoms with Crippen molar-refractivity contribution in [3.05, 3.63) is 36.5 Å². The molecular weight excluding hydrogens is 334 g/mol. The molecular formula is C18H21N5O3. The van der Waals surface area contributed by atoms with Crippen LogP contribution in [0.1, 0.15) is 12.8 Å². The number of aromatic amines is 1. The molecule has 2 aromatic rings. The maximum Gasteiger partial charge on any atom is 0.410 e. The number of nitrogens with one attached hydrogen (secondary N) is 2. The van der Waals surface area contributed by atoms with E-state index in [2.05, 4.69) is 15.5 Å². The van der Waals surface area contributed by atoms with E-state index in [0.717, 1.165) is 29.8 Å². The summed E-state index contributed by atoms with van der Waals surface area (Å²) in [5.41, 5.74) is 2.07. The van der Waals surface area contributed by atoms with Crippen LogP contribution in [0.2, 0.25) is 0 Å². The van der Waals surface area contributed by atoms with Gasteiger partial charge in [-0.05, 0) is 36.6 Å². The minimum Gasteiger partial charge on any atom is -0.439 e. The van der Waals surface area contributed by atoms with E-state index in [9.17, 15) is 9.59 Å². The van der Waals surface area contributed by atoms with E-state index in [1.54, 1.807) is 23.0 Å². The van der Waals surface area contributed by atoms with E-state index in [1.807, 2.05) is 30.3 Å². The van der Waals surface area contributed by atoms with Crippen LogP contribution in [0.5, 0.6) is 0 Å². The van der Waals surface area contributed by atoms with Gasteiger partial charge >= 0.3 is 12.1 Å². The van der Waals surface area contributed by atoms with Gasteiger partial charge < -0.3 is 19.9 Å². The lowest BCUT2D eigenvalue weighted by Gasteiger charge is -2.38. The van der Waals surface area contributed by atoms with E-state index in [1.165, 1.54) is 0 Å². The molecule has 0 aliphatic carbocycles. The molecule has 2 saturated heterocycles. The Morgan fingerprint density at radius 1 is 1.27 bits per heavy atom. The fourth-order valence-corrected chi connectivity index (χ4v) is 3.63. The molecule has 2 aliphatic rings. The number of hydrogen-bond acceptors (Lipinski definition) is 4. The maximum atomic E-state index is 12.6. The number of carbonyl (C=O) groups excluding carboxylic acids is 2. The quantitative estimate of drug-likeness (QED) is 0.866. The van der Waals surface area contributed by atoms with Gasteiger partial charge in [-0.25, -0.2) is 9.59 Å². The van der Waals surface area contributed by atoms with Crippen molar-refractivity contribution in [2.24, 2.45) is 0 Å². The molecule has 1 atom stereocenters. The monoisotopic (exact) mass is 355 g/mol. The Morgan fingerprint density at radius 3 is 2.73 bits per heavy atom. The molecule has 2 aliphatic heterocycles. The number of likely N-dealkylation sites (N-methyl/N-ethyl adjacent to an activating group) is 1. The number of likely N-dealkylation sites (tertiary alicyclic amines) is 1. The minimum atomic E-state index is -0.577. The fourth-order valence-electron chi connectivity index (χ4n) is 3.63. The molecule has 8 heteroatoms. The van der Waals surface area contributed by atoms with Gasteiger partial charge in [0, 0.05) is 25.5 Å². The largest absolute Gasteiger partial charge is 0.439 e. The molecule has 2 fully saturated rings. The average molecular weight is 355 g/mol. The molecule has 26 heavy (non-hydrogen) atoms. The maximum absolute atomic E-state index is 12.6. The van der Waals surface area contributed by atoms with Crippen LogP contribution < -0.4 is 5.32 Å². The second kappa shape index (κ2) is 6.36. The minimum absolute atomic E-state index is 0.177. The number of carbonyl (C=O) groups is 2. The summed E-state index contributed by atoms with van der Waals surface area (Å²) in [5, 5.41) is 9.76. The molecule has 4 rings (SSSR count). The lowest BCUT2D eigenvalue weighted by atomic mass is 9.93. The van der Waals surface area contributed by atoms with E-state index < -0.39 is 5.60 Å². The van der Waals surface area contributed by atoms with Gasteiger partial charge in [0.15, 0.2) is 0 Å². The molecule has 0 saturated carbocycles. The van der Waals surface area contributed by atoms with Gasteiger partial charge in [-0.1, -0.05) is 12.1 Å². The summed E-state index contributed by atoms with van der Waals surface area (Å²) in [4.78, 5) is 27.6. The van der Waals surface area contributed by atoms with Crippen molar-refractivity contribution < 1.29 is 14.3 Å². The molecule has 0 unspecified atom stereocenters. The number of nitrogens with zero attached hydrogens (tertiary/aromatic N) is 3. The van der Waals surface area contributed by atoms with E-state index in [-0.39, 0.29) is 12.1 Å². The van der Waals surface area contributed by atoms with E-state index >= 15 is 0 Å². The van der Waals surface area contributed by atoms with Crippen molar-refractivity contribution in [1.29, 1.82) is 0 Å². The molecule has 3 heterocycles. The molecule has 8 nitrogen and oxygen atoms in total. The van der Waals surface area contributed by atoms with Gasteiger partial charge in [-0.3, -0.25) is 5.10 Å². The van der Waals surface area contributed by atoms with Crippen LogP contribution in [-0.4, -0.2) is 64.4 Å². The number of amides is 3. The van der Waals surface area contributed by atoms with Crippen molar-refractivity contribution in [3.8, 4) is 11.3 Å². The second-order valence-electron chi connectivity index (χ2n) is 6.91. The smallest absolute Gasteiger partial charge is 0.410 e. The summed E-state index contributed by atoms with van der Waals surface area (Å²) < 4.78 is 5.55. The zero-order valence-electron chi connectivity index (χ0n) is 14.6. The van der Waals surface area contributed by atoms with Crippen LogP contribution in [0.25, 0.3) is 11.3 Å². The van der Waals surface area contributed by atoms with Crippen LogP contribution in [0.4, 0.5) is 15.3 Å². The number of anilines is 1. The average Bonchev–Trinajstić information content (AvgIpc) is 3.25. The van der Waals surface area contributed by atoms with Crippen molar-refractivity contribution in [2.75, 3.05) is 32.0 Å². The Kier molecular flexibility index (Phi) is 4.02. The first-order valence-electron chi connectivity index (χ1n) is 8.65. The normalized spacial score (nSPS) is 22.6. The standard InChI is InChI=1S/C18H21N5O3/c1-22-11-18(26-17(22)25)8-2-10-23(12-18)16(24)20-14-5-3-13(4-6-14)15-7-9-19-21-15/h3-7,9H,2,8,10-12H2,1H3,(H,19,21)(H,20,24)/t18-/m1/s1. The number of piperidine rings is 1. The number of rotatable bonds is 2. The third kappa shape index (κ3) is 3.10. The summed E-state index contributed by atoms with van der Waals surface area (Å²) in [7, 11) is 1.72. The Morgan fingerprint density at radius 2 is 2.08 bits per heavy atom. The van der Waals surface area contributed by atoms with Gasteiger partial charge in [0.2, 0.25) is 0 Å². The number of benzene rings is 1. The molecule has 3 amide bonds. The van der Waals surface area contributed by atoms with E-state index in [4.69, 9.17) is 4.74 Å². The summed E-state index contributed by atoms with van der Waals surface area (Å²) in [5.74, 6) is 0. The van der Waals surface area contributed by atoms with Crippen LogP contribution >= 0.6 is 0 Å². The number of aromatic nitrogens is 2. The van der Waals surface area contributed by atoms with Gasteiger partial charge in [0.25, 0.3) is 0 Å². The highest BCUT2D eigenvalue weighted by atomic mass is 16.6. The first-order valence-corrected chi connectivity index (χ1v) is 8.65. The lowest BCUT2D eigenvalue weighted by Crippen LogP contribution is -2.53. The van der Waals surface area contributed by atoms with Crippen LogP contribution in [0.15, 0.2) is 36.5 Å². The number of hydrogen-bond donors (Lipinski definition) is 2. The highest BCUT2D eigenvalue weighted by molar-refractivity contribution is 5.89. The summed E-state index contributed by atoms with van der Waals surface area (Å²) >= 11 is 0. The summed E-state index contributed by atoms with van der Waals surface area (Å²) in [6.45, 7) is 1.59. The zero-order valence-corrected chi connectivity index (χ0v) is 14.6. The lowest BCUT2D eigenvalue weighted by molar-refractivity contribution is 0.00497. The number of ether oxygens (including phenoxy) is 1. The molecule has 1 aromatic heterocycles. The Balaban J connectivity index is 1.41. The van der Waals surface area contributed by atoms with Crippen LogP contribution in [0, 0.1) is 0 Å². The first-order chi connectivity index (χ1) is 12.5. The van der Waals surface area contributed by atoms with Crippen LogP contribution in [0.3, 0.4) is 0 Å². The molecule has 0 bridgehead atoms. The zero-order chi connectivity index (χ0) is 18.1. The molecule has 2 N–H and O–H groups in total. The first kappa shape index (κ1) is 16.4. The highest BCUT2D eigenvalue weighted by Crippen LogP contribution is 2.31. The van der Waals surface area contributed by atoms with Gasteiger partial charge in [0.05, 0.1) is 18.8 Å². The fraction of sp³-hybridized carbons (Fsp3) is 0.389. The van der Waals surface area contributed by atoms with Gasteiger partial charge in [-0.2, -0.15) is 5.10 Å². The number of urea groups is 1. The van der Waals surface area contributed by atoms with Gasteiger partial charge in [0.1, 0.15) is 5.60 Å². The summed E-state index contributed by atoms with van der Waals surface area (Å²) in [6, 6.07) is 9.28. The van der Waals surface area contributed by atoms with Crippen molar-refractivity contribution in [1.82, 2.24) is 20.0 Å². The Hall–Kier alpha value is -3.03. The molecule has 136 valence electrons. The molecule has 1 aromatic carbocycles. The SMILES string of the molecule is CN1C[C@@]2(CCCN(C(=O)Nc3ccc(-c4ccn[nH]4)cc3)C2)OC1=O. The third-order valence-electron chi connectivity index (χ3n) is 4.92. The van der Waals surface area contributed by atoms with Crippen molar-refractivity contribution in [2.45, 2.75) is 18.4 Å². The topological polar surface area (TPSA) is 90.6 Å². The highest BCUT2D eigenvalue weighted by Gasteiger charge is 2.47. The molecule has 0 radical (unpaired) electrons. The van der Waals surface area contributed by atoms with Crippen molar-refractivity contribution >= 4 is 17.8 Å². The number of H-pyrrole nitrogens is 1. The van der Waals surface area contributed by atoms with Crippen LogP contribution in [-0.2, 0) is 4.74 Å². The predicted octanol–water partition coefficient (Wildman–Crippen LogP) is 2.53. The van der Waals surface area contributed by atoms with E-state index in [0.29, 0.717) is 19.6 Å². The summed E-state index contributed by atoms with van der Waals surface area (Å²) in [6.07, 6.45) is 2.98. The Labute approximate surface area is 151 Å². The third-order valence-corrected chi connectivity index (χ3v) is 4.92. The van der Waals surface area contributed by atoms with Gasteiger partial charge in [-0.15, -0.1) is 0 Å². The molecule has 1 spiro atoms. The second-order valence-corrected chi connectivity index (χ2v) is 6.91. The predicted molar refractivity (Wildman–Crippen MR) is 95.7 cm³/mol. The Bertz CT molecular complexity index is 805. The van der Waals surface area contributed by atoms with Crippen molar-refractivity contribution in [3.63, 3.8) is 0 Å².